The van der Waals surface area contributed by atoms with Crippen LogP contribution in [0.3, 0.4) is 0 Å². The van der Waals surface area contributed by atoms with Crippen molar-refractivity contribution in [2.24, 2.45) is 5.73 Å². The van der Waals surface area contributed by atoms with Gasteiger partial charge < -0.3 is 14.9 Å². The van der Waals surface area contributed by atoms with E-state index in [1.54, 1.807) is 7.11 Å². The molecule has 0 aliphatic rings. The van der Waals surface area contributed by atoms with Crippen LogP contribution in [0.15, 0.2) is 48.7 Å². The number of aromatic nitrogens is 2. The van der Waals surface area contributed by atoms with Gasteiger partial charge in [0.15, 0.2) is 11.4 Å². The summed E-state index contributed by atoms with van der Waals surface area (Å²) in [5.41, 5.74) is 9.78. The molecule has 0 radical (unpaired) electrons. The molecule has 3 rings (SSSR count). The average molecular weight is 267 g/mol. The summed E-state index contributed by atoms with van der Waals surface area (Å²) in [5.74, 6) is 0.771. The van der Waals surface area contributed by atoms with E-state index in [2.05, 4.69) is 16.5 Å². The van der Waals surface area contributed by atoms with Crippen LogP contribution in [-0.4, -0.2) is 23.0 Å². The van der Waals surface area contributed by atoms with Gasteiger partial charge in [0, 0.05) is 18.2 Å². The van der Waals surface area contributed by atoms with Crippen molar-refractivity contribution in [2.45, 2.75) is 6.42 Å². The first-order valence-electron chi connectivity index (χ1n) is 6.64. The number of nitrogens with zero attached hydrogens (tertiary/aromatic N) is 2. The normalized spacial score (nSPS) is 10.9. The molecule has 20 heavy (non-hydrogen) atoms. The number of rotatable bonds is 4. The second-order valence-corrected chi connectivity index (χ2v) is 4.58. The zero-order valence-corrected chi connectivity index (χ0v) is 11.4. The Bertz CT molecular complexity index is 719. The van der Waals surface area contributed by atoms with Crippen LogP contribution in [0.1, 0.15) is 5.69 Å². The summed E-state index contributed by atoms with van der Waals surface area (Å²) in [7, 11) is 1.66. The largest absolute Gasteiger partial charge is 0.493 e. The summed E-state index contributed by atoms with van der Waals surface area (Å²) in [6.07, 6.45) is 2.78. The molecular formula is C16H17N3O. The van der Waals surface area contributed by atoms with Crippen molar-refractivity contribution in [2.75, 3.05) is 13.7 Å². The van der Waals surface area contributed by atoms with E-state index in [0.717, 1.165) is 34.8 Å². The summed E-state index contributed by atoms with van der Waals surface area (Å²) < 4.78 is 7.46. The third-order valence-electron chi connectivity index (χ3n) is 3.36. The quantitative estimate of drug-likeness (QED) is 0.790. The predicted molar refractivity (Wildman–Crippen MR) is 79.9 cm³/mol. The van der Waals surface area contributed by atoms with Crippen molar-refractivity contribution < 1.29 is 4.74 Å². The molecule has 2 aromatic heterocycles. The number of nitrogens with two attached hydrogens (primary N) is 1. The number of fused-ring (bicyclic) bond motifs is 1. The predicted octanol–water partition coefficient (Wildman–Crippen LogP) is 2.51. The van der Waals surface area contributed by atoms with Gasteiger partial charge in [0.05, 0.1) is 18.5 Å². The SMILES string of the molecule is COc1cccn2c(CCN)c(-c3ccccc3)nc12. The topological polar surface area (TPSA) is 52.5 Å². The Morgan fingerprint density at radius 3 is 2.65 bits per heavy atom. The van der Waals surface area contributed by atoms with E-state index >= 15 is 0 Å². The van der Waals surface area contributed by atoms with E-state index in [-0.39, 0.29) is 0 Å². The van der Waals surface area contributed by atoms with Gasteiger partial charge in [-0.05, 0) is 18.7 Å². The van der Waals surface area contributed by atoms with Gasteiger partial charge in [-0.25, -0.2) is 4.98 Å². The molecule has 0 saturated heterocycles. The fourth-order valence-corrected chi connectivity index (χ4v) is 2.45. The number of methoxy groups -OCH3 is 1. The zero-order valence-electron chi connectivity index (χ0n) is 11.4. The first-order valence-corrected chi connectivity index (χ1v) is 6.64. The summed E-state index contributed by atoms with van der Waals surface area (Å²) in [5, 5.41) is 0. The minimum Gasteiger partial charge on any atom is -0.493 e. The molecule has 0 aliphatic carbocycles. The molecule has 1 aromatic carbocycles. The molecule has 0 unspecified atom stereocenters. The Morgan fingerprint density at radius 1 is 1.15 bits per heavy atom. The molecule has 4 heteroatoms. The lowest BCUT2D eigenvalue weighted by molar-refractivity contribution is 0.417. The number of imidazole rings is 1. The fraction of sp³-hybridized carbons (Fsp3) is 0.188. The van der Waals surface area contributed by atoms with Crippen LogP contribution in [0.25, 0.3) is 16.9 Å². The van der Waals surface area contributed by atoms with Gasteiger partial charge in [0.2, 0.25) is 0 Å². The summed E-state index contributed by atoms with van der Waals surface area (Å²) in [6.45, 7) is 0.588. The highest BCUT2D eigenvalue weighted by atomic mass is 16.5. The Labute approximate surface area is 117 Å². The van der Waals surface area contributed by atoms with Crippen molar-refractivity contribution in [1.29, 1.82) is 0 Å². The lowest BCUT2D eigenvalue weighted by Crippen LogP contribution is -2.06. The number of pyridine rings is 1. The second-order valence-electron chi connectivity index (χ2n) is 4.58. The minimum atomic E-state index is 0.588. The molecule has 0 atom stereocenters. The van der Waals surface area contributed by atoms with Crippen molar-refractivity contribution >= 4 is 5.65 Å². The highest BCUT2D eigenvalue weighted by Gasteiger charge is 2.15. The molecular weight excluding hydrogens is 250 g/mol. The van der Waals surface area contributed by atoms with Crippen molar-refractivity contribution in [3.63, 3.8) is 0 Å². The van der Waals surface area contributed by atoms with E-state index in [0.29, 0.717) is 6.54 Å². The van der Waals surface area contributed by atoms with Crippen molar-refractivity contribution in [3.05, 3.63) is 54.4 Å². The number of hydrogen-bond acceptors (Lipinski definition) is 3. The molecule has 0 saturated carbocycles. The van der Waals surface area contributed by atoms with Gasteiger partial charge in [0.1, 0.15) is 0 Å². The average Bonchev–Trinajstić information content (AvgIpc) is 2.87. The summed E-state index contributed by atoms with van der Waals surface area (Å²) in [6, 6.07) is 14.0. The van der Waals surface area contributed by atoms with E-state index in [1.807, 2.05) is 36.5 Å². The lowest BCUT2D eigenvalue weighted by atomic mass is 10.1. The molecule has 0 amide bonds. The molecule has 102 valence electrons. The smallest absolute Gasteiger partial charge is 0.180 e. The van der Waals surface area contributed by atoms with Crippen LogP contribution in [-0.2, 0) is 6.42 Å². The molecule has 2 N–H and O–H groups in total. The van der Waals surface area contributed by atoms with Crippen LogP contribution in [0.2, 0.25) is 0 Å². The molecule has 2 heterocycles. The van der Waals surface area contributed by atoms with Crippen molar-refractivity contribution in [1.82, 2.24) is 9.38 Å². The standard InChI is InChI=1S/C16H17N3O/c1-20-14-8-5-11-19-13(9-10-17)15(18-16(14)19)12-6-3-2-4-7-12/h2-8,11H,9-10,17H2,1H3. The van der Waals surface area contributed by atoms with Gasteiger partial charge in [0.25, 0.3) is 0 Å². The maximum Gasteiger partial charge on any atom is 0.180 e. The van der Waals surface area contributed by atoms with Gasteiger partial charge in [-0.2, -0.15) is 0 Å². The molecule has 4 nitrogen and oxygen atoms in total. The minimum absolute atomic E-state index is 0.588. The van der Waals surface area contributed by atoms with Gasteiger partial charge in [-0.1, -0.05) is 30.3 Å². The number of hydrogen-bond donors (Lipinski definition) is 1. The fourth-order valence-electron chi connectivity index (χ4n) is 2.45. The highest BCUT2D eigenvalue weighted by molar-refractivity contribution is 5.69. The van der Waals surface area contributed by atoms with E-state index in [9.17, 15) is 0 Å². The third kappa shape index (κ3) is 2.04. The Morgan fingerprint density at radius 2 is 1.95 bits per heavy atom. The van der Waals surface area contributed by atoms with Crippen LogP contribution >= 0.6 is 0 Å². The third-order valence-corrected chi connectivity index (χ3v) is 3.36. The maximum atomic E-state index is 5.76. The Balaban J connectivity index is 2.28. The van der Waals surface area contributed by atoms with Gasteiger partial charge in [-0.3, -0.25) is 0 Å². The van der Waals surface area contributed by atoms with E-state index < -0.39 is 0 Å². The Kier molecular flexibility index (Phi) is 3.39. The van der Waals surface area contributed by atoms with E-state index in [1.165, 1.54) is 0 Å². The van der Waals surface area contributed by atoms with Crippen molar-refractivity contribution in [3.8, 4) is 17.0 Å². The highest BCUT2D eigenvalue weighted by Crippen LogP contribution is 2.28. The molecule has 0 fully saturated rings. The Hall–Kier alpha value is -2.33. The molecule has 3 aromatic rings. The first-order chi connectivity index (χ1) is 9.85. The van der Waals surface area contributed by atoms with Crippen LogP contribution in [0.5, 0.6) is 5.75 Å². The molecule has 0 bridgehead atoms. The van der Waals surface area contributed by atoms with Gasteiger partial charge in [-0.15, -0.1) is 0 Å². The molecule has 0 spiro atoms. The first kappa shape index (κ1) is 12.7. The van der Waals surface area contributed by atoms with Gasteiger partial charge >= 0.3 is 0 Å². The lowest BCUT2D eigenvalue weighted by Gasteiger charge is -2.04. The monoisotopic (exact) mass is 267 g/mol. The zero-order chi connectivity index (χ0) is 13.9. The van der Waals surface area contributed by atoms with Crippen LogP contribution in [0, 0.1) is 0 Å². The molecule has 0 aliphatic heterocycles. The summed E-state index contributed by atoms with van der Waals surface area (Å²) >= 11 is 0. The number of benzene rings is 1. The maximum absolute atomic E-state index is 5.76. The summed E-state index contributed by atoms with van der Waals surface area (Å²) in [4.78, 5) is 4.75. The van der Waals surface area contributed by atoms with Crippen LogP contribution in [0.4, 0.5) is 0 Å². The van der Waals surface area contributed by atoms with Crippen LogP contribution < -0.4 is 10.5 Å². The van der Waals surface area contributed by atoms with E-state index in [4.69, 9.17) is 15.5 Å². The second kappa shape index (κ2) is 5.35. The number of ether oxygens (including phenoxy) is 1.